The van der Waals surface area contributed by atoms with Crippen LogP contribution >= 0.6 is 0 Å². The summed E-state index contributed by atoms with van der Waals surface area (Å²) in [4.78, 5) is 24.1. The molecule has 0 saturated heterocycles. The molecule has 27 heavy (non-hydrogen) atoms. The maximum Gasteiger partial charge on any atom is 0.255 e. The number of carbonyl (C=O) groups excluding carboxylic acids is 2. The van der Waals surface area contributed by atoms with Gasteiger partial charge in [-0.3, -0.25) is 9.59 Å². The molecule has 144 valence electrons. The highest BCUT2D eigenvalue weighted by Crippen LogP contribution is 2.16. The number of rotatable bonds is 9. The highest BCUT2D eigenvalue weighted by Gasteiger charge is 2.15. The van der Waals surface area contributed by atoms with Crippen molar-refractivity contribution in [3.63, 3.8) is 0 Å². The number of para-hydroxylation sites is 2. The van der Waals surface area contributed by atoms with Crippen LogP contribution in [0.2, 0.25) is 0 Å². The normalized spacial score (nSPS) is 11.6. The lowest BCUT2D eigenvalue weighted by atomic mass is 10.1. The summed E-state index contributed by atoms with van der Waals surface area (Å²) in [5.74, 6) is -0.972. The first-order valence-corrected chi connectivity index (χ1v) is 8.79. The monoisotopic (exact) mass is 372 g/mol. The Bertz CT molecular complexity index is 778. The van der Waals surface area contributed by atoms with Crippen molar-refractivity contribution in [2.24, 2.45) is 0 Å². The van der Waals surface area contributed by atoms with Gasteiger partial charge >= 0.3 is 0 Å². The maximum absolute atomic E-state index is 12.1. The van der Waals surface area contributed by atoms with Gasteiger partial charge in [0.25, 0.3) is 11.8 Å². The molecule has 0 aliphatic carbocycles. The van der Waals surface area contributed by atoms with E-state index in [4.69, 9.17) is 0 Å². The minimum atomic E-state index is -0.444. The number of hydrogen-bond acceptors (Lipinski definition) is 5. The lowest BCUT2D eigenvalue weighted by Crippen LogP contribution is -2.37. The predicted octanol–water partition coefficient (Wildman–Crippen LogP) is 1.79. The van der Waals surface area contributed by atoms with Gasteiger partial charge < -0.3 is 26.0 Å². The van der Waals surface area contributed by atoms with Crippen molar-refractivity contribution in [3.8, 4) is 11.5 Å². The highest BCUT2D eigenvalue weighted by atomic mass is 16.3. The first-order chi connectivity index (χ1) is 13.0. The van der Waals surface area contributed by atoms with Crippen molar-refractivity contribution in [2.45, 2.75) is 25.3 Å². The molecule has 1 atom stereocenters. The second-order valence-electron chi connectivity index (χ2n) is 6.14. The molecule has 2 aromatic carbocycles. The lowest BCUT2D eigenvalue weighted by Gasteiger charge is -2.16. The molecule has 7 heteroatoms. The first-order valence-electron chi connectivity index (χ1n) is 8.79. The zero-order valence-electron chi connectivity index (χ0n) is 14.9. The summed E-state index contributed by atoms with van der Waals surface area (Å²) in [5.41, 5.74) is 0.381. The maximum atomic E-state index is 12.1. The Morgan fingerprint density at radius 2 is 1.41 bits per heavy atom. The molecule has 0 aliphatic heterocycles. The van der Waals surface area contributed by atoms with Crippen molar-refractivity contribution in [2.75, 3.05) is 13.2 Å². The van der Waals surface area contributed by atoms with E-state index in [9.17, 15) is 24.9 Å². The molecule has 0 aromatic heterocycles. The van der Waals surface area contributed by atoms with E-state index in [0.29, 0.717) is 25.8 Å². The van der Waals surface area contributed by atoms with Crippen LogP contribution < -0.4 is 10.6 Å². The zero-order valence-corrected chi connectivity index (χ0v) is 14.9. The summed E-state index contributed by atoms with van der Waals surface area (Å²) < 4.78 is 0. The lowest BCUT2D eigenvalue weighted by molar-refractivity contribution is 0.0909. The third-order valence-electron chi connectivity index (χ3n) is 4.12. The van der Waals surface area contributed by atoms with E-state index in [1.54, 1.807) is 30.3 Å². The number of phenols is 2. The van der Waals surface area contributed by atoms with Crippen LogP contribution in [0, 0.1) is 0 Å². The number of aromatic hydroxyl groups is 2. The quantitative estimate of drug-likeness (QED) is 0.430. The molecule has 0 aliphatic rings. The van der Waals surface area contributed by atoms with Gasteiger partial charge in [-0.15, -0.1) is 0 Å². The van der Waals surface area contributed by atoms with E-state index in [1.165, 1.54) is 18.2 Å². The Balaban J connectivity index is 1.72. The Morgan fingerprint density at radius 3 is 1.96 bits per heavy atom. The Kier molecular flexibility index (Phi) is 7.63. The van der Waals surface area contributed by atoms with Crippen LogP contribution in [0.5, 0.6) is 11.5 Å². The fourth-order valence-electron chi connectivity index (χ4n) is 2.62. The largest absolute Gasteiger partial charge is 0.507 e. The molecule has 2 amide bonds. The van der Waals surface area contributed by atoms with Crippen LogP contribution in [0.1, 0.15) is 40.0 Å². The van der Waals surface area contributed by atoms with Gasteiger partial charge in [0.2, 0.25) is 0 Å². The van der Waals surface area contributed by atoms with Crippen LogP contribution in [0.15, 0.2) is 48.5 Å². The molecular formula is C20H24N2O5. The van der Waals surface area contributed by atoms with Gasteiger partial charge in [0.15, 0.2) is 0 Å². The van der Waals surface area contributed by atoms with Crippen molar-refractivity contribution < 1.29 is 24.9 Å². The number of phenolic OH excluding ortho intramolecular Hbond substituents is 2. The molecule has 5 N–H and O–H groups in total. The van der Waals surface area contributed by atoms with Gasteiger partial charge in [-0.05, 0) is 43.5 Å². The molecule has 0 saturated carbocycles. The Labute approximate surface area is 157 Å². The van der Waals surface area contributed by atoms with Gasteiger partial charge in [0.05, 0.1) is 23.8 Å². The van der Waals surface area contributed by atoms with E-state index in [1.807, 2.05) is 0 Å². The van der Waals surface area contributed by atoms with Crippen LogP contribution in [0.25, 0.3) is 0 Å². The number of benzene rings is 2. The molecule has 0 bridgehead atoms. The van der Waals surface area contributed by atoms with Gasteiger partial charge in [-0.1, -0.05) is 24.3 Å². The summed E-state index contributed by atoms with van der Waals surface area (Å²) >= 11 is 0. The average Bonchev–Trinajstić information content (AvgIpc) is 2.67. The topological polar surface area (TPSA) is 119 Å². The fourth-order valence-corrected chi connectivity index (χ4v) is 2.62. The third-order valence-corrected chi connectivity index (χ3v) is 4.12. The third kappa shape index (κ3) is 6.00. The minimum absolute atomic E-state index is 0.0674. The molecular weight excluding hydrogens is 348 g/mol. The number of nitrogens with one attached hydrogen (secondary N) is 2. The summed E-state index contributed by atoms with van der Waals surface area (Å²) in [6, 6.07) is 12.1. The number of amides is 2. The second-order valence-corrected chi connectivity index (χ2v) is 6.14. The minimum Gasteiger partial charge on any atom is -0.507 e. The van der Waals surface area contributed by atoms with Crippen molar-refractivity contribution in [3.05, 3.63) is 59.7 Å². The first kappa shape index (κ1) is 20.3. The van der Waals surface area contributed by atoms with Gasteiger partial charge in [0.1, 0.15) is 11.5 Å². The van der Waals surface area contributed by atoms with E-state index in [-0.39, 0.29) is 35.1 Å². The molecule has 0 unspecified atom stereocenters. The molecule has 2 rings (SSSR count). The number of aliphatic hydroxyl groups excluding tert-OH is 1. The summed E-state index contributed by atoms with van der Waals surface area (Å²) in [6.45, 7) is 0.197. The van der Waals surface area contributed by atoms with Crippen LogP contribution in [-0.4, -0.2) is 46.3 Å². The summed E-state index contributed by atoms with van der Waals surface area (Å²) in [6.07, 6.45) is 1.86. The van der Waals surface area contributed by atoms with Crippen molar-refractivity contribution in [1.82, 2.24) is 10.6 Å². The Hall–Kier alpha value is -3.06. The summed E-state index contributed by atoms with van der Waals surface area (Å²) in [7, 11) is 0. The molecule has 0 spiro atoms. The van der Waals surface area contributed by atoms with Crippen molar-refractivity contribution in [1.29, 1.82) is 0 Å². The average molecular weight is 372 g/mol. The zero-order chi connectivity index (χ0) is 19.6. The van der Waals surface area contributed by atoms with E-state index >= 15 is 0 Å². The van der Waals surface area contributed by atoms with E-state index in [2.05, 4.69) is 10.6 Å². The smallest absolute Gasteiger partial charge is 0.255 e. The number of hydrogen-bond donors (Lipinski definition) is 5. The van der Waals surface area contributed by atoms with Gasteiger partial charge in [-0.25, -0.2) is 0 Å². The molecule has 2 aromatic rings. The van der Waals surface area contributed by atoms with Crippen LogP contribution in [0.3, 0.4) is 0 Å². The van der Waals surface area contributed by atoms with Gasteiger partial charge in [0, 0.05) is 6.54 Å². The van der Waals surface area contributed by atoms with Crippen LogP contribution in [-0.2, 0) is 0 Å². The second kappa shape index (κ2) is 10.2. The SMILES string of the molecule is O=C(NCCCC[C@@H](CO)NC(=O)c1ccccc1O)c1ccccc1O. The number of unbranched alkanes of at least 4 members (excludes halogenated alkanes) is 1. The molecule has 0 fully saturated rings. The molecule has 0 radical (unpaired) electrons. The van der Waals surface area contributed by atoms with E-state index < -0.39 is 11.9 Å². The standard InChI is InChI=1S/C20H24N2O5/c23-13-14(22-20(27)16-9-2-4-11-18(16)25)7-5-6-12-21-19(26)15-8-1-3-10-17(15)24/h1-4,8-11,14,23-25H,5-7,12-13H2,(H,21,26)(H,22,27)/t14-/m0/s1. The predicted molar refractivity (Wildman–Crippen MR) is 101 cm³/mol. The fraction of sp³-hybridized carbons (Fsp3) is 0.300. The number of carbonyl (C=O) groups is 2. The molecule has 7 nitrogen and oxygen atoms in total. The highest BCUT2D eigenvalue weighted by molar-refractivity contribution is 5.97. The molecule has 0 heterocycles. The number of aliphatic hydroxyl groups is 1. The van der Waals surface area contributed by atoms with Crippen LogP contribution in [0.4, 0.5) is 0 Å². The summed E-state index contributed by atoms with van der Waals surface area (Å²) in [5, 5.41) is 34.2. The van der Waals surface area contributed by atoms with E-state index in [0.717, 1.165) is 0 Å². The van der Waals surface area contributed by atoms with Gasteiger partial charge in [-0.2, -0.15) is 0 Å². The Morgan fingerprint density at radius 1 is 0.852 bits per heavy atom. The van der Waals surface area contributed by atoms with Crippen molar-refractivity contribution >= 4 is 11.8 Å².